The smallest absolute Gasteiger partial charge is 0.376 e. The number of benzene rings is 1. The molecular weight excluding hydrogens is 331 g/mol. The third-order valence-corrected chi connectivity index (χ3v) is 5.34. The molecule has 3 fully saturated rings. The molecule has 3 nitrogen and oxygen atoms in total. The van der Waals surface area contributed by atoms with Crippen molar-refractivity contribution in [1.82, 2.24) is 5.32 Å². The Morgan fingerprint density at radius 2 is 1.88 bits per heavy atom. The molecule has 4 rings (SSSR count). The van der Waals surface area contributed by atoms with Crippen molar-refractivity contribution in [1.29, 1.82) is 0 Å². The Hall–Kier alpha value is -1.56. The maximum atomic E-state index is 12.6. The number of hydrogen-bond donors (Lipinski definition) is 1. The molecule has 1 aromatic rings. The molecule has 4 unspecified atom stereocenters. The summed E-state index contributed by atoms with van der Waals surface area (Å²) in [7, 11) is 0. The highest BCUT2D eigenvalue weighted by molar-refractivity contribution is 5.79. The molecular formula is C19H24F3NO2. The topological polar surface area (TPSA) is 38.3 Å². The Labute approximate surface area is 145 Å². The van der Waals surface area contributed by atoms with Crippen molar-refractivity contribution in [2.24, 2.45) is 11.8 Å². The van der Waals surface area contributed by atoms with E-state index in [9.17, 15) is 18.0 Å². The lowest BCUT2D eigenvalue weighted by molar-refractivity contribution is -0.137. The minimum absolute atomic E-state index is 0.0510. The molecule has 2 heterocycles. The van der Waals surface area contributed by atoms with Crippen molar-refractivity contribution in [3.8, 4) is 0 Å². The van der Waals surface area contributed by atoms with Crippen molar-refractivity contribution in [2.45, 2.75) is 57.3 Å². The van der Waals surface area contributed by atoms with Gasteiger partial charge in [-0.25, -0.2) is 0 Å². The number of nitrogens with one attached hydrogen (secondary N) is 1. The number of rotatable bonds is 4. The van der Waals surface area contributed by atoms with Gasteiger partial charge in [0, 0.05) is 12.5 Å². The van der Waals surface area contributed by atoms with Gasteiger partial charge in [-0.2, -0.15) is 13.2 Å². The molecule has 138 valence electrons. The zero-order valence-corrected chi connectivity index (χ0v) is 14.3. The van der Waals surface area contributed by atoms with E-state index >= 15 is 0 Å². The number of ether oxygens (including phenoxy) is 1. The molecule has 1 N–H and O–H groups in total. The number of halogens is 3. The number of fused-ring (bicyclic) bond motifs is 4. The molecule has 6 heteroatoms. The first kappa shape index (κ1) is 18.2. The average molecular weight is 355 g/mol. The quantitative estimate of drug-likeness (QED) is 0.888. The van der Waals surface area contributed by atoms with Gasteiger partial charge in [0.25, 0.3) is 0 Å². The summed E-state index contributed by atoms with van der Waals surface area (Å²) in [6.07, 6.45) is 0.357. The van der Waals surface area contributed by atoms with Gasteiger partial charge in [0.1, 0.15) is 0 Å². The summed E-state index contributed by atoms with van der Waals surface area (Å²) in [6.45, 7) is 2.60. The first-order valence-corrected chi connectivity index (χ1v) is 8.91. The number of alkyl halides is 3. The lowest BCUT2D eigenvalue weighted by Crippen LogP contribution is -2.46. The van der Waals surface area contributed by atoms with E-state index in [0.29, 0.717) is 12.3 Å². The van der Waals surface area contributed by atoms with Crippen LogP contribution in [-0.2, 0) is 22.1 Å². The molecule has 0 radical (unpaired) electrons. The molecule has 2 bridgehead atoms. The molecule has 2 aliphatic heterocycles. The van der Waals surface area contributed by atoms with E-state index in [0.717, 1.165) is 50.0 Å². The van der Waals surface area contributed by atoms with Gasteiger partial charge in [-0.1, -0.05) is 19.1 Å². The standard InChI is InChI=1S/C19H24F3NO2/c1-12(10-13-2-6-15(7-3-13)19(20,21)22)18(24)23-16-8-4-14-5-9-17(16)25-11-14/h2-3,6-7,12,14,16-17H,4-5,8-11H2,1H3,(H,23,24). The molecule has 1 saturated carbocycles. The van der Waals surface area contributed by atoms with Crippen LogP contribution in [0.4, 0.5) is 13.2 Å². The van der Waals surface area contributed by atoms with E-state index in [1.165, 1.54) is 12.1 Å². The summed E-state index contributed by atoms with van der Waals surface area (Å²) < 4.78 is 43.6. The van der Waals surface area contributed by atoms with Crippen molar-refractivity contribution in [3.63, 3.8) is 0 Å². The fourth-order valence-electron chi connectivity index (χ4n) is 3.74. The van der Waals surface area contributed by atoms with Crippen LogP contribution in [0.25, 0.3) is 0 Å². The van der Waals surface area contributed by atoms with E-state index in [4.69, 9.17) is 4.74 Å². The van der Waals surface area contributed by atoms with Crippen LogP contribution >= 0.6 is 0 Å². The second kappa shape index (κ2) is 7.36. The first-order chi connectivity index (χ1) is 11.8. The van der Waals surface area contributed by atoms with Gasteiger partial charge in [0.05, 0.1) is 17.7 Å². The van der Waals surface area contributed by atoms with Crippen LogP contribution in [0.15, 0.2) is 24.3 Å². The second-order valence-corrected chi connectivity index (χ2v) is 7.31. The molecule has 1 aliphatic carbocycles. The number of carbonyl (C=O) groups is 1. The third kappa shape index (κ3) is 4.54. The van der Waals surface area contributed by atoms with E-state index in [1.807, 2.05) is 6.92 Å². The molecule has 0 spiro atoms. The maximum absolute atomic E-state index is 12.6. The molecule has 1 aromatic carbocycles. The highest BCUT2D eigenvalue weighted by atomic mass is 19.4. The predicted octanol–water partition coefficient (Wildman–Crippen LogP) is 3.96. The predicted molar refractivity (Wildman–Crippen MR) is 87.9 cm³/mol. The molecule has 4 atom stereocenters. The van der Waals surface area contributed by atoms with Crippen LogP contribution in [0.2, 0.25) is 0 Å². The van der Waals surface area contributed by atoms with Crippen molar-refractivity contribution in [2.75, 3.05) is 6.61 Å². The zero-order valence-electron chi connectivity index (χ0n) is 14.3. The first-order valence-electron chi connectivity index (χ1n) is 8.91. The van der Waals surface area contributed by atoms with Crippen molar-refractivity contribution < 1.29 is 22.7 Å². The second-order valence-electron chi connectivity index (χ2n) is 7.31. The van der Waals surface area contributed by atoms with Gasteiger partial charge in [0.2, 0.25) is 5.91 Å². The Bertz CT molecular complexity index is 592. The lowest BCUT2D eigenvalue weighted by Gasteiger charge is -2.29. The van der Waals surface area contributed by atoms with Crippen LogP contribution in [0.3, 0.4) is 0 Å². The van der Waals surface area contributed by atoms with E-state index in [-0.39, 0.29) is 24.0 Å². The van der Waals surface area contributed by atoms with Crippen LogP contribution in [-0.4, -0.2) is 24.7 Å². The number of amides is 1. The maximum Gasteiger partial charge on any atom is 0.416 e. The summed E-state index contributed by atoms with van der Waals surface area (Å²) in [5.41, 5.74) is 0.0634. The van der Waals surface area contributed by atoms with Gasteiger partial charge >= 0.3 is 6.18 Å². The van der Waals surface area contributed by atoms with Crippen LogP contribution in [0.5, 0.6) is 0 Å². The van der Waals surface area contributed by atoms with E-state index in [2.05, 4.69) is 5.32 Å². The molecule has 2 saturated heterocycles. The monoisotopic (exact) mass is 355 g/mol. The SMILES string of the molecule is CC(Cc1ccc(C(F)(F)F)cc1)C(=O)NC1CCC2CCC1OC2. The van der Waals surface area contributed by atoms with Gasteiger partial charge < -0.3 is 10.1 Å². The summed E-state index contributed by atoms with van der Waals surface area (Å²) in [5.74, 6) is 0.263. The van der Waals surface area contributed by atoms with Crippen LogP contribution in [0.1, 0.15) is 43.7 Å². The zero-order chi connectivity index (χ0) is 18.0. The summed E-state index contributed by atoms with van der Waals surface area (Å²) >= 11 is 0. The fraction of sp³-hybridized carbons (Fsp3) is 0.632. The van der Waals surface area contributed by atoms with Gasteiger partial charge in [-0.15, -0.1) is 0 Å². The number of carbonyl (C=O) groups excluding carboxylic acids is 1. The highest BCUT2D eigenvalue weighted by Crippen LogP contribution is 2.32. The molecule has 3 aliphatic rings. The minimum atomic E-state index is -4.33. The highest BCUT2D eigenvalue weighted by Gasteiger charge is 2.34. The van der Waals surface area contributed by atoms with Crippen molar-refractivity contribution in [3.05, 3.63) is 35.4 Å². The summed E-state index contributed by atoms with van der Waals surface area (Å²) in [5, 5.41) is 3.10. The Balaban J connectivity index is 1.55. The Morgan fingerprint density at radius 3 is 2.48 bits per heavy atom. The molecule has 0 aromatic heterocycles. The van der Waals surface area contributed by atoms with Gasteiger partial charge in [-0.05, 0) is 55.7 Å². The largest absolute Gasteiger partial charge is 0.416 e. The van der Waals surface area contributed by atoms with Crippen LogP contribution < -0.4 is 5.32 Å². The summed E-state index contributed by atoms with van der Waals surface area (Å²) in [6, 6.07) is 5.08. The molecule has 1 amide bonds. The fourth-order valence-corrected chi connectivity index (χ4v) is 3.74. The average Bonchev–Trinajstić information content (AvgIpc) is 2.88. The van der Waals surface area contributed by atoms with E-state index in [1.54, 1.807) is 0 Å². The minimum Gasteiger partial charge on any atom is -0.376 e. The van der Waals surface area contributed by atoms with Crippen LogP contribution in [0, 0.1) is 11.8 Å². The normalized spacial score (nSPS) is 27.6. The Morgan fingerprint density at radius 1 is 1.20 bits per heavy atom. The summed E-state index contributed by atoms with van der Waals surface area (Å²) in [4.78, 5) is 12.5. The Kier molecular flexibility index (Phi) is 5.37. The van der Waals surface area contributed by atoms with Gasteiger partial charge in [-0.3, -0.25) is 4.79 Å². The lowest BCUT2D eigenvalue weighted by atomic mass is 9.98. The van der Waals surface area contributed by atoms with E-state index < -0.39 is 11.7 Å². The van der Waals surface area contributed by atoms with Crippen molar-refractivity contribution >= 4 is 5.91 Å². The third-order valence-electron chi connectivity index (χ3n) is 5.34. The molecule has 25 heavy (non-hydrogen) atoms. The van der Waals surface area contributed by atoms with Gasteiger partial charge in [0.15, 0.2) is 0 Å². The number of hydrogen-bond acceptors (Lipinski definition) is 2.